The maximum Gasteiger partial charge on any atom is 0.0998 e. The zero-order chi connectivity index (χ0) is 17.7. The molecule has 0 saturated carbocycles. The number of anilines is 2. The number of hydrogen-bond donors (Lipinski definition) is 1. The molecule has 0 aromatic heterocycles. The molecule has 0 aliphatic rings. The van der Waals surface area contributed by atoms with Crippen molar-refractivity contribution in [2.24, 2.45) is 11.8 Å². The molecule has 0 spiro atoms. The Morgan fingerprint density at radius 1 is 0.958 bits per heavy atom. The Balaban J connectivity index is 2.39. The Morgan fingerprint density at radius 3 is 2.12 bits per heavy atom. The highest BCUT2D eigenvalue weighted by Gasteiger charge is 2.14. The Kier molecular flexibility index (Phi) is 5.87. The molecule has 0 atom stereocenters. The summed E-state index contributed by atoms with van der Waals surface area (Å²) >= 11 is 0. The minimum Gasteiger partial charge on any atom is -0.398 e. The first kappa shape index (κ1) is 17.9. The molecule has 0 saturated heterocycles. The quantitative estimate of drug-likeness (QED) is 0.768. The second-order valence-corrected chi connectivity index (χ2v) is 7.12. The summed E-state index contributed by atoms with van der Waals surface area (Å²) in [5.41, 5.74) is 10.7. The lowest BCUT2D eigenvalue weighted by Gasteiger charge is -2.29. The zero-order valence-corrected chi connectivity index (χ0v) is 15.1. The smallest absolute Gasteiger partial charge is 0.0998 e. The van der Waals surface area contributed by atoms with Crippen LogP contribution in [0.4, 0.5) is 11.4 Å². The van der Waals surface area contributed by atoms with Gasteiger partial charge in [0, 0.05) is 35.6 Å². The number of benzene rings is 2. The van der Waals surface area contributed by atoms with Gasteiger partial charge in [-0.05, 0) is 30.0 Å². The number of nitrogens with two attached hydrogens (primary N) is 1. The van der Waals surface area contributed by atoms with E-state index in [4.69, 9.17) is 5.73 Å². The predicted octanol–water partition coefficient (Wildman–Crippen LogP) is 4.93. The van der Waals surface area contributed by atoms with Crippen LogP contribution < -0.4 is 10.6 Å². The van der Waals surface area contributed by atoms with Gasteiger partial charge in [0.2, 0.25) is 0 Å². The van der Waals surface area contributed by atoms with Gasteiger partial charge in [-0.3, -0.25) is 0 Å². The summed E-state index contributed by atoms with van der Waals surface area (Å²) < 4.78 is 0. The number of nitrogens with zero attached hydrogens (tertiary/aromatic N) is 2. The molecule has 2 aromatic carbocycles. The zero-order valence-electron chi connectivity index (χ0n) is 15.1. The van der Waals surface area contributed by atoms with Crippen molar-refractivity contribution in [3.05, 3.63) is 48.0 Å². The summed E-state index contributed by atoms with van der Waals surface area (Å²) in [6.45, 7) is 10.9. The standard InChI is InChI=1S/C21H27N3/c1-15(2)13-24(14-16(3)4)18-9-10-20(21(23)11-18)19-8-6-5-7-17(19)12-22/h5-11,15-16H,13-14,23H2,1-4H3. The molecule has 126 valence electrons. The van der Waals surface area contributed by atoms with Gasteiger partial charge in [-0.25, -0.2) is 0 Å². The summed E-state index contributed by atoms with van der Waals surface area (Å²) in [5.74, 6) is 1.17. The summed E-state index contributed by atoms with van der Waals surface area (Å²) in [6.07, 6.45) is 0. The first-order valence-corrected chi connectivity index (χ1v) is 8.56. The van der Waals surface area contributed by atoms with Crippen molar-refractivity contribution in [3.63, 3.8) is 0 Å². The number of hydrogen-bond acceptors (Lipinski definition) is 3. The van der Waals surface area contributed by atoms with E-state index in [9.17, 15) is 5.26 Å². The Morgan fingerprint density at radius 2 is 1.58 bits per heavy atom. The van der Waals surface area contributed by atoms with E-state index < -0.39 is 0 Å². The molecular weight excluding hydrogens is 294 g/mol. The highest BCUT2D eigenvalue weighted by atomic mass is 15.1. The molecule has 2 N–H and O–H groups in total. The van der Waals surface area contributed by atoms with Gasteiger partial charge in [0.25, 0.3) is 0 Å². The highest BCUT2D eigenvalue weighted by Crippen LogP contribution is 2.32. The third kappa shape index (κ3) is 4.29. The molecule has 0 aliphatic heterocycles. The molecule has 0 fully saturated rings. The van der Waals surface area contributed by atoms with Crippen LogP contribution >= 0.6 is 0 Å². The van der Waals surface area contributed by atoms with Crippen LogP contribution in [-0.4, -0.2) is 13.1 Å². The first-order valence-electron chi connectivity index (χ1n) is 8.56. The minimum absolute atomic E-state index is 0.587. The van der Waals surface area contributed by atoms with E-state index in [1.54, 1.807) is 0 Å². The fourth-order valence-corrected chi connectivity index (χ4v) is 2.97. The summed E-state index contributed by atoms with van der Waals surface area (Å²) in [7, 11) is 0. The van der Waals surface area contributed by atoms with Crippen LogP contribution in [0.25, 0.3) is 11.1 Å². The average Bonchev–Trinajstić information content (AvgIpc) is 2.53. The van der Waals surface area contributed by atoms with Crippen molar-refractivity contribution in [1.82, 2.24) is 0 Å². The van der Waals surface area contributed by atoms with Crippen LogP contribution in [0.3, 0.4) is 0 Å². The van der Waals surface area contributed by atoms with Gasteiger partial charge >= 0.3 is 0 Å². The molecular formula is C21H27N3. The Labute approximate surface area is 145 Å². The van der Waals surface area contributed by atoms with Crippen LogP contribution in [0.15, 0.2) is 42.5 Å². The van der Waals surface area contributed by atoms with E-state index in [1.165, 1.54) is 0 Å². The lowest BCUT2D eigenvalue weighted by atomic mass is 9.98. The normalized spacial score (nSPS) is 10.9. The van der Waals surface area contributed by atoms with Crippen LogP contribution in [0.1, 0.15) is 33.3 Å². The van der Waals surface area contributed by atoms with E-state index >= 15 is 0 Å². The van der Waals surface area contributed by atoms with Crippen molar-refractivity contribution < 1.29 is 0 Å². The summed E-state index contributed by atoms with van der Waals surface area (Å²) in [6, 6.07) is 16.0. The van der Waals surface area contributed by atoms with E-state index in [2.05, 4.69) is 44.7 Å². The lowest BCUT2D eigenvalue weighted by molar-refractivity contribution is 0.553. The maximum atomic E-state index is 9.31. The number of rotatable bonds is 6. The van der Waals surface area contributed by atoms with Crippen LogP contribution in [0.2, 0.25) is 0 Å². The lowest BCUT2D eigenvalue weighted by Crippen LogP contribution is -2.31. The summed E-state index contributed by atoms with van der Waals surface area (Å²) in [5, 5.41) is 9.31. The second kappa shape index (κ2) is 7.88. The van der Waals surface area contributed by atoms with E-state index in [0.717, 1.165) is 29.9 Å². The average molecular weight is 321 g/mol. The third-order valence-electron chi connectivity index (χ3n) is 3.91. The van der Waals surface area contributed by atoms with Gasteiger partial charge in [0.15, 0.2) is 0 Å². The molecule has 2 aromatic rings. The molecule has 0 amide bonds. The van der Waals surface area contributed by atoms with E-state index in [-0.39, 0.29) is 0 Å². The van der Waals surface area contributed by atoms with Crippen LogP contribution in [0.5, 0.6) is 0 Å². The molecule has 0 bridgehead atoms. The topological polar surface area (TPSA) is 53.0 Å². The molecule has 0 radical (unpaired) electrons. The summed E-state index contributed by atoms with van der Waals surface area (Å²) in [4.78, 5) is 2.39. The monoisotopic (exact) mass is 321 g/mol. The van der Waals surface area contributed by atoms with Gasteiger partial charge in [-0.1, -0.05) is 52.0 Å². The van der Waals surface area contributed by atoms with E-state index in [0.29, 0.717) is 23.1 Å². The molecule has 24 heavy (non-hydrogen) atoms. The van der Waals surface area contributed by atoms with Crippen LogP contribution in [-0.2, 0) is 0 Å². The third-order valence-corrected chi connectivity index (χ3v) is 3.91. The minimum atomic E-state index is 0.587. The van der Waals surface area contributed by atoms with Gasteiger partial charge < -0.3 is 10.6 Å². The molecule has 0 unspecified atom stereocenters. The predicted molar refractivity (Wildman–Crippen MR) is 103 cm³/mol. The highest BCUT2D eigenvalue weighted by molar-refractivity contribution is 5.82. The first-order chi connectivity index (χ1) is 11.4. The molecule has 3 heteroatoms. The maximum absolute atomic E-state index is 9.31. The van der Waals surface area contributed by atoms with Crippen molar-refractivity contribution in [3.8, 4) is 17.2 Å². The van der Waals surface area contributed by atoms with E-state index in [1.807, 2.05) is 36.4 Å². The Hall–Kier alpha value is -2.47. The Bertz CT molecular complexity index is 716. The number of nitriles is 1. The van der Waals surface area contributed by atoms with Crippen LogP contribution in [0, 0.1) is 23.2 Å². The van der Waals surface area contributed by atoms with Crippen molar-refractivity contribution in [2.75, 3.05) is 23.7 Å². The molecule has 3 nitrogen and oxygen atoms in total. The van der Waals surface area contributed by atoms with Crippen molar-refractivity contribution >= 4 is 11.4 Å². The van der Waals surface area contributed by atoms with Gasteiger partial charge in [-0.2, -0.15) is 5.26 Å². The van der Waals surface area contributed by atoms with Gasteiger partial charge in [0.1, 0.15) is 0 Å². The molecule has 0 heterocycles. The SMILES string of the molecule is CC(C)CN(CC(C)C)c1ccc(-c2ccccc2C#N)c(N)c1. The largest absolute Gasteiger partial charge is 0.398 e. The van der Waals surface area contributed by atoms with Crippen molar-refractivity contribution in [2.45, 2.75) is 27.7 Å². The van der Waals surface area contributed by atoms with Gasteiger partial charge in [-0.15, -0.1) is 0 Å². The number of nitrogen functional groups attached to an aromatic ring is 1. The second-order valence-electron chi connectivity index (χ2n) is 7.12. The molecule has 0 aliphatic carbocycles. The van der Waals surface area contributed by atoms with Crippen molar-refractivity contribution in [1.29, 1.82) is 5.26 Å². The van der Waals surface area contributed by atoms with Gasteiger partial charge in [0.05, 0.1) is 11.6 Å². The fraction of sp³-hybridized carbons (Fsp3) is 0.381. The molecule has 2 rings (SSSR count). The fourth-order valence-electron chi connectivity index (χ4n) is 2.97.